The van der Waals surface area contributed by atoms with E-state index >= 15 is 0 Å². The number of hydrogen-bond acceptors (Lipinski definition) is 4. The lowest BCUT2D eigenvalue weighted by molar-refractivity contribution is -0.127. The fourth-order valence-corrected chi connectivity index (χ4v) is 3.38. The van der Waals surface area contributed by atoms with Crippen molar-refractivity contribution in [3.05, 3.63) is 75.0 Å². The molecule has 0 saturated heterocycles. The van der Waals surface area contributed by atoms with Crippen molar-refractivity contribution in [3.63, 3.8) is 0 Å². The van der Waals surface area contributed by atoms with Crippen molar-refractivity contribution in [1.29, 1.82) is 0 Å². The molecule has 3 rings (SSSR count). The molecule has 3 aromatic heterocycles. The van der Waals surface area contributed by atoms with Gasteiger partial charge in [-0.1, -0.05) is 6.07 Å². The molecule has 3 nitrogen and oxygen atoms in total. The van der Waals surface area contributed by atoms with Crippen molar-refractivity contribution in [3.8, 4) is 0 Å². The van der Waals surface area contributed by atoms with Crippen LogP contribution in [-0.4, -0.2) is 10.8 Å². The van der Waals surface area contributed by atoms with Crippen LogP contribution in [0.1, 0.15) is 16.2 Å². The summed E-state index contributed by atoms with van der Waals surface area (Å²) in [5.41, 5.74) is 1.05. The molecule has 0 spiro atoms. The zero-order chi connectivity index (χ0) is 15.2. The first-order valence-electron chi connectivity index (χ1n) is 6.85. The number of carbonyl (C=O) groups excluding carboxylic acids is 1. The van der Waals surface area contributed by atoms with E-state index in [4.69, 9.17) is 4.42 Å². The number of carbonyl (C=O) groups is 1. The summed E-state index contributed by atoms with van der Waals surface area (Å²) in [5.74, 6) is 0.768. The topological polar surface area (TPSA) is 33.5 Å². The van der Waals surface area contributed by atoms with Gasteiger partial charge in [0.1, 0.15) is 5.76 Å². The van der Waals surface area contributed by atoms with Gasteiger partial charge in [-0.25, -0.2) is 0 Å². The van der Waals surface area contributed by atoms with Gasteiger partial charge in [0.2, 0.25) is 5.91 Å². The predicted molar refractivity (Wildman–Crippen MR) is 90.6 cm³/mol. The van der Waals surface area contributed by atoms with E-state index in [9.17, 15) is 4.79 Å². The second kappa shape index (κ2) is 7.24. The largest absolute Gasteiger partial charge is 0.467 e. The van der Waals surface area contributed by atoms with E-state index in [-0.39, 0.29) is 5.91 Å². The van der Waals surface area contributed by atoms with Crippen LogP contribution in [0.2, 0.25) is 0 Å². The van der Waals surface area contributed by atoms with Crippen molar-refractivity contribution >= 4 is 34.7 Å². The highest BCUT2D eigenvalue weighted by Gasteiger charge is 2.14. The Morgan fingerprint density at radius 2 is 2.14 bits per heavy atom. The Kier molecular flexibility index (Phi) is 4.88. The van der Waals surface area contributed by atoms with Crippen molar-refractivity contribution in [1.82, 2.24) is 4.90 Å². The molecule has 5 heteroatoms. The van der Waals surface area contributed by atoms with E-state index in [0.29, 0.717) is 13.1 Å². The SMILES string of the molecule is O=C(/C=C/c1ccsc1)N(Cc1ccco1)Cc1cccs1. The lowest BCUT2D eigenvalue weighted by Crippen LogP contribution is -2.27. The van der Waals surface area contributed by atoms with Gasteiger partial charge in [0.25, 0.3) is 0 Å². The van der Waals surface area contributed by atoms with Crippen molar-refractivity contribution in [2.45, 2.75) is 13.1 Å². The van der Waals surface area contributed by atoms with Crippen molar-refractivity contribution in [2.24, 2.45) is 0 Å². The Bertz CT molecular complexity index is 677. The number of hydrogen-bond donors (Lipinski definition) is 0. The van der Waals surface area contributed by atoms with Gasteiger partial charge in [0.05, 0.1) is 19.4 Å². The zero-order valence-corrected chi connectivity index (χ0v) is 13.5. The van der Waals surface area contributed by atoms with Crippen LogP contribution in [-0.2, 0) is 17.9 Å². The summed E-state index contributed by atoms with van der Waals surface area (Å²) in [6.45, 7) is 1.06. The third-order valence-electron chi connectivity index (χ3n) is 3.13. The maximum atomic E-state index is 12.5. The van der Waals surface area contributed by atoms with Crippen LogP contribution in [0.4, 0.5) is 0 Å². The van der Waals surface area contributed by atoms with Crippen LogP contribution in [0.5, 0.6) is 0 Å². The van der Waals surface area contributed by atoms with E-state index in [1.807, 2.05) is 52.5 Å². The third-order valence-corrected chi connectivity index (χ3v) is 4.69. The second-order valence-corrected chi connectivity index (χ2v) is 6.56. The number of nitrogens with zero attached hydrogens (tertiary/aromatic N) is 1. The molecule has 22 heavy (non-hydrogen) atoms. The highest BCUT2D eigenvalue weighted by Crippen LogP contribution is 2.16. The highest BCUT2D eigenvalue weighted by atomic mass is 32.1. The minimum atomic E-state index is -0.0176. The standard InChI is InChI=1S/C17H15NO2S2/c19-17(6-5-14-7-10-21-13-14)18(11-15-3-1-8-20-15)12-16-4-2-9-22-16/h1-10,13H,11-12H2/b6-5+. The molecule has 0 aliphatic rings. The second-order valence-electron chi connectivity index (χ2n) is 4.74. The van der Waals surface area contributed by atoms with Gasteiger partial charge >= 0.3 is 0 Å². The Balaban J connectivity index is 1.73. The van der Waals surface area contributed by atoms with E-state index in [1.54, 1.807) is 39.9 Å². The van der Waals surface area contributed by atoms with E-state index in [1.165, 1.54) is 0 Å². The summed E-state index contributed by atoms with van der Waals surface area (Å²) in [7, 11) is 0. The van der Waals surface area contributed by atoms with Gasteiger partial charge in [0.15, 0.2) is 0 Å². The van der Waals surface area contributed by atoms with Gasteiger partial charge in [-0.15, -0.1) is 11.3 Å². The third kappa shape index (κ3) is 3.96. The van der Waals surface area contributed by atoms with Gasteiger partial charge in [-0.2, -0.15) is 11.3 Å². The molecule has 0 radical (unpaired) electrons. The number of furan rings is 1. The lowest BCUT2D eigenvalue weighted by atomic mass is 10.3. The molecule has 1 amide bonds. The summed E-state index contributed by atoms with van der Waals surface area (Å²) in [5, 5.41) is 6.03. The average molecular weight is 329 g/mol. The maximum absolute atomic E-state index is 12.5. The van der Waals surface area contributed by atoms with Gasteiger partial charge < -0.3 is 9.32 Å². The number of rotatable bonds is 6. The van der Waals surface area contributed by atoms with Crippen LogP contribution in [0.15, 0.2) is 63.2 Å². The molecule has 3 aromatic rings. The Morgan fingerprint density at radius 1 is 1.18 bits per heavy atom. The Morgan fingerprint density at radius 3 is 2.82 bits per heavy atom. The lowest BCUT2D eigenvalue weighted by Gasteiger charge is -2.19. The molecular weight excluding hydrogens is 314 g/mol. The molecule has 3 heterocycles. The normalized spacial score (nSPS) is 11.1. The summed E-state index contributed by atoms with van der Waals surface area (Å²) in [4.78, 5) is 15.4. The van der Waals surface area contributed by atoms with Crippen LogP contribution >= 0.6 is 22.7 Å². The monoisotopic (exact) mass is 329 g/mol. The van der Waals surface area contributed by atoms with E-state index in [0.717, 1.165) is 16.2 Å². The first-order chi connectivity index (χ1) is 10.8. The van der Waals surface area contributed by atoms with E-state index in [2.05, 4.69) is 0 Å². The Labute approximate surface area is 137 Å². The molecule has 0 aliphatic carbocycles. The van der Waals surface area contributed by atoms with Crippen LogP contribution < -0.4 is 0 Å². The zero-order valence-electron chi connectivity index (χ0n) is 11.8. The molecule has 0 unspecified atom stereocenters. The smallest absolute Gasteiger partial charge is 0.247 e. The fraction of sp³-hybridized carbons (Fsp3) is 0.118. The predicted octanol–water partition coefficient (Wildman–Crippen LogP) is 4.64. The van der Waals surface area contributed by atoms with Gasteiger partial charge in [-0.3, -0.25) is 4.79 Å². The molecule has 0 bridgehead atoms. The number of amides is 1. The maximum Gasteiger partial charge on any atom is 0.247 e. The molecular formula is C17H15NO2S2. The Hall–Kier alpha value is -2.11. The van der Waals surface area contributed by atoms with Gasteiger partial charge in [-0.05, 0) is 52.0 Å². The van der Waals surface area contributed by atoms with E-state index < -0.39 is 0 Å². The molecule has 0 saturated carbocycles. The van der Waals surface area contributed by atoms with Gasteiger partial charge in [0, 0.05) is 11.0 Å². The summed E-state index contributed by atoms with van der Waals surface area (Å²) in [6, 6.07) is 9.75. The first-order valence-corrected chi connectivity index (χ1v) is 8.67. The molecule has 0 N–H and O–H groups in total. The quantitative estimate of drug-likeness (QED) is 0.617. The average Bonchev–Trinajstić information content (AvgIpc) is 3.27. The minimum Gasteiger partial charge on any atom is -0.467 e. The van der Waals surface area contributed by atoms with Crippen molar-refractivity contribution < 1.29 is 9.21 Å². The van der Waals surface area contributed by atoms with Crippen molar-refractivity contribution in [2.75, 3.05) is 0 Å². The van der Waals surface area contributed by atoms with Crippen LogP contribution in [0.3, 0.4) is 0 Å². The molecule has 0 fully saturated rings. The minimum absolute atomic E-state index is 0.0176. The molecule has 112 valence electrons. The van der Waals surface area contributed by atoms with Crippen LogP contribution in [0.25, 0.3) is 6.08 Å². The highest BCUT2D eigenvalue weighted by molar-refractivity contribution is 7.09. The molecule has 0 atom stereocenters. The fourth-order valence-electron chi connectivity index (χ4n) is 2.04. The first kappa shape index (κ1) is 14.8. The summed E-state index contributed by atoms with van der Waals surface area (Å²) in [6.07, 6.45) is 5.10. The number of thiophene rings is 2. The summed E-state index contributed by atoms with van der Waals surface area (Å²) < 4.78 is 5.37. The summed E-state index contributed by atoms with van der Waals surface area (Å²) >= 11 is 3.27. The van der Waals surface area contributed by atoms with Crippen LogP contribution in [0, 0.1) is 0 Å². The molecule has 0 aromatic carbocycles. The molecule has 0 aliphatic heterocycles.